The van der Waals surface area contributed by atoms with Crippen molar-refractivity contribution in [1.82, 2.24) is 9.46 Å². The summed E-state index contributed by atoms with van der Waals surface area (Å²) in [5, 5.41) is 6.80. The Bertz CT molecular complexity index is 1350. The molecule has 0 aliphatic carbocycles. The van der Waals surface area contributed by atoms with Gasteiger partial charge in [0.2, 0.25) is 15.9 Å². The minimum atomic E-state index is -3.99. The summed E-state index contributed by atoms with van der Waals surface area (Å²) in [6, 6.07) is 13.7. The zero-order valence-electron chi connectivity index (χ0n) is 19.7. The van der Waals surface area contributed by atoms with Gasteiger partial charge in [-0.3, -0.25) is 4.79 Å². The van der Waals surface area contributed by atoms with Gasteiger partial charge in [0.15, 0.2) is 10.7 Å². The highest BCUT2D eigenvalue weighted by atomic mass is 32.2. The van der Waals surface area contributed by atoms with Gasteiger partial charge in [-0.2, -0.15) is 4.31 Å². The first kappa shape index (κ1) is 24.8. The van der Waals surface area contributed by atoms with Crippen LogP contribution in [0.3, 0.4) is 0 Å². The highest BCUT2D eigenvalue weighted by Gasteiger charge is 2.37. The minimum Gasteiger partial charge on any atom is -0.355 e. The van der Waals surface area contributed by atoms with Gasteiger partial charge in [-0.15, -0.1) is 0 Å². The molecule has 0 spiro atoms. The molecule has 0 bridgehead atoms. The largest absolute Gasteiger partial charge is 0.355 e. The van der Waals surface area contributed by atoms with Crippen molar-refractivity contribution in [2.75, 3.05) is 18.4 Å². The number of para-hydroxylation sites is 1. The van der Waals surface area contributed by atoms with Gasteiger partial charge in [0.25, 0.3) is 0 Å². The summed E-state index contributed by atoms with van der Waals surface area (Å²) < 4.78 is 47.7. The summed E-state index contributed by atoms with van der Waals surface area (Å²) in [6.07, 6.45) is 4.77. The van der Waals surface area contributed by atoms with Crippen LogP contribution in [0.1, 0.15) is 42.3 Å². The van der Waals surface area contributed by atoms with Crippen LogP contribution < -0.4 is 5.32 Å². The lowest BCUT2D eigenvalue weighted by atomic mass is 9.98. The zero-order chi connectivity index (χ0) is 25.0. The number of carbonyl (C=O) groups is 1. The molecule has 1 amide bonds. The zero-order valence-corrected chi connectivity index (χ0v) is 20.5. The van der Waals surface area contributed by atoms with Crippen LogP contribution in [0.4, 0.5) is 10.1 Å². The molecule has 2 aromatic carbocycles. The van der Waals surface area contributed by atoms with Crippen LogP contribution in [0.25, 0.3) is 12.2 Å². The highest BCUT2D eigenvalue weighted by molar-refractivity contribution is 7.89. The second-order valence-electron chi connectivity index (χ2n) is 8.52. The fraction of sp³-hybridized carbons (Fsp3) is 0.308. The van der Waals surface area contributed by atoms with Crippen molar-refractivity contribution < 1.29 is 22.1 Å². The molecule has 1 N–H and O–H groups in total. The van der Waals surface area contributed by atoms with Crippen LogP contribution in [0, 0.1) is 18.7 Å². The van der Waals surface area contributed by atoms with Crippen molar-refractivity contribution in [3.8, 4) is 0 Å². The summed E-state index contributed by atoms with van der Waals surface area (Å²) >= 11 is 0. The van der Waals surface area contributed by atoms with E-state index in [-0.39, 0.29) is 28.8 Å². The van der Waals surface area contributed by atoms with Gasteiger partial charge < -0.3 is 9.84 Å². The van der Waals surface area contributed by atoms with E-state index in [9.17, 15) is 17.6 Å². The summed E-state index contributed by atoms with van der Waals surface area (Å²) in [5.74, 6) is -1.10. The van der Waals surface area contributed by atoms with Gasteiger partial charge in [-0.1, -0.05) is 48.5 Å². The lowest BCUT2D eigenvalue weighted by Gasteiger charge is -2.31. The molecule has 0 saturated carbocycles. The van der Waals surface area contributed by atoms with Crippen LogP contribution in [0.2, 0.25) is 0 Å². The van der Waals surface area contributed by atoms with Crippen molar-refractivity contribution >= 4 is 33.8 Å². The fourth-order valence-corrected chi connectivity index (χ4v) is 6.04. The van der Waals surface area contributed by atoms with Crippen LogP contribution in [-0.4, -0.2) is 36.9 Å². The van der Waals surface area contributed by atoms with Crippen molar-refractivity contribution in [2.24, 2.45) is 5.92 Å². The van der Waals surface area contributed by atoms with E-state index in [0.29, 0.717) is 24.9 Å². The number of sulfonamides is 1. The molecule has 184 valence electrons. The first-order valence-electron chi connectivity index (χ1n) is 11.6. The molecule has 1 atom stereocenters. The van der Waals surface area contributed by atoms with Crippen LogP contribution >= 0.6 is 0 Å². The summed E-state index contributed by atoms with van der Waals surface area (Å²) in [5.41, 5.74) is 2.27. The molecular weight excluding hydrogens is 469 g/mol. The third-order valence-corrected chi connectivity index (χ3v) is 8.19. The third-order valence-electron chi connectivity index (χ3n) is 6.16. The highest BCUT2D eigenvalue weighted by Crippen LogP contribution is 2.30. The van der Waals surface area contributed by atoms with E-state index in [2.05, 4.69) is 10.5 Å². The number of amides is 1. The van der Waals surface area contributed by atoms with E-state index in [0.717, 1.165) is 17.7 Å². The van der Waals surface area contributed by atoms with Crippen molar-refractivity contribution in [3.63, 3.8) is 0 Å². The molecule has 2 heterocycles. The fourth-order valence-electron chi connectivity index (χ4n) is 4.26. The Labute approximate surface area is 204 Å². The van der Waals surface area contributed by atoms with Crippen LogP contribution in [-0.2, 0) is 21.2 Å². The van der Waals surface area contributed by atoms with E-state index in [4.69, 9.17) is 4.52 Å². The maximum Gasteiger partial charge on any atom is 0.248 e. The summed E-state index contributed by atoms with van der Waals surface area (Å²) in [7, 11) is -3.99. The number of carbonyl (C=O) groups excluding carboxylic acids is 1. The Kier molecular flexibility index (Phi) is 7.47. The van der Waals surface area contributed by atoms with E-state index < -0.39 is 21.8 Å². The monoisotopic (exact) mass is 497 g/mol. The quantitative estimate of drug-likeness (QED) is 0.502. The number of aromatic nitrogens is 1. The molecule has 35 heavy (non-hydrogen) atoms. The molecular formula is C26H28FN3O4S. The molecule has 7 nitrogen and oxygen atoms in total. The molecule has 1 aromatic heterocycles. The molecule has 1 saturated heterocycles. The number of hydrogen-bond donors (Lipinski definition) is 1. The second kappa shape index (κ2) is 10.5. The number of rotatable bonds is 7. The average molecular weight is 498 g/mol. The summed E-state index contributed by atoms with van der Waals surface area (Å²) in [4.78, 5) is 12.9. The molecule has 4 rings (SSSR count). The number of hydrogen-bond acceptors (Lipinski definition) is 5. The molecule has 9 heteroatoms. The maximum atomic E-state index is 14.0. The predicted molar refractivity (Wildman–Crippen MR) is 133 cm³/mol. The maximum absolute atomic E-state index is 14.0. The SMILES string of the molecule is CCc1ccccc1NC(=O)[C@H]1CCCN(S(=O)(=O)c2c(C)noc2/C=C/c2ccccc2F)C1. The van der Waals surface area contributed by atoms with E-state index in [1.54, 1.807) is 25.1 Å². The number of piperidine rings is 1. The Morgan fingerprint density at radius 3 is 2.71 bits per heavy atom. The predicted octanol–water partition coefficient (Wildman–Crippen LogP) is 4.89. The Morgan fingerprint density at radius 1 is 1.20 bits per heavy atom. The first-order valence-corrected chi connectivity index (χ1v) is 13.0. The molecule has 1 aliphatic heterocycles. The Balaban J connectivity index is 1.55. The molecule has 1 aliphatic rings. The number of aryl methyl sites for hydroxylation is 2. The smallest absolute Gasteiger partial charge is 0.248 e. The van der Waals surface area contributed by atoms with Gasteiger partial charge >= 0.3 is 0 Å². The van der Waals surface area contributed by atoms with Gasteiger partial charge in [-0.25, -0.2) is 12.8 Å². The van der Waals surface area contributed by atoms with E-state index in [1.165, 1.54) is 22.5 Å². The van der Waals surface area contributed by atoms with Gasteiger partial charge in [0.05, 0.1) is 5.92 Å². The van der Waals surface area contributed by atoms with E-state index in [1.807, 2.05) is 31.2 Å². The van der Waals surface area contributed by atoms with Crippen LogP contribution in [0.5, 0.6) is 0 Å². The summed E-state index contributed by atoms with van der Waals surface area (Å²) in [6.45, 7) is 3.91. The molecule has 0 radical (unpaired) electrons. The normalized spacial score (nSPS) is 17.1. The van der Waals surface area contributed by atoms with Gasteiger partial charge in [-0.05, 0) is 56.0 Å². The number of anilines is 1. The van der Waals surface area contributed by atoms with Crippen molar-refractivity contribution in [2.45, 2.75) is 38.0 Å². The lowest BCUT2D eigenvalue weighted by molar-refractivity contribution is -0.120. The number of nitrogens with one attached hydrogen (secondary N) is 1. The molecule has 1 fully saturated rings. The lowest BCUT2D eigenvalue weighted by Crippen LogP contribution is -2.44. The average Bonchev–Trinajstić information content (AvgIpc) is 3.25. The van der Waals surface area contributed by atoms with Crippen LogP contribution in [0.15, 0.2) is 57.9 Å². The van der Waals surface area contributed by atoms with Crippen molar-refractivity contribution in [1.29, 1.82) is 0 Å². The van der Waals surface area contributed by atoms with E-state index >= 15 is 0 Å². The third kappa shape index (κ3) is 5.36. The van der Waals surface area contributed by atoms with Crippen molar-refractivity contribution in [3.05, 3.63) is 76.9 Å². The van der Waals surface area contributed by atoms with Gasteiger partial charge in [0, 0.05) is 24.3 Å². The Morgan fingerprint density at radius 2 is 1.94 bits per heavy atom. The topological polar surface area (TPSA) is 92.5 Å². The number of nitrogens with zero attached hydrogens (tertiary/aromatic N) is 2. The van der Waals surface area contributed by atoms with Gasteiger partial charge in [0.1, 0.15) is 11.5 Å². The number of benzene rings is 2. The second-order valence-corrected chi connectivity index (χ2v) is 10.4. The Hall–Kier alpha value is -3.30. The molecule has 0 unspecified atom stereocenters. The minimum absolute atomic E-state index is 0.0224. The standard InChI is InChI=1S/C26H28FN3O4S/c1-3-19-9-5-7-13-23(19)28-26(31)21-11-8-16-30(17-21)35(32,33)25-18(2)29-34-24(25)15-14-20-10-4-6-12-22(20)27/h4-7,9-10,12-15,21H,3,8,11,16-17H2,1-2H3,(H,28,31)/b15-14+/t21-/m0/s1. The first-order chi connectivity index (χ1) is 16.8. The molecule has 3 aromatic rings. The number of halogens is 1.